The molecule has 27 heavy (non-hydrogen) atoms. The van der Waals surface area contributed by atoms with Crippen LogP contribution < -0.4 is 15.5 Å². The van der Waals surface area contributed by atoms with Gasteiger partial charge in [0.05, 0.1) is 19.3 Å². The third kappa shape index (κ3) is 5.94. The zero-order valence-corrected chi connectivity index (χ0v) is 16.2. The molecule has 7 heteroatoms. The standard InChI is InChI=1S/C20H31N5O2/c1-2-21-20(22-9-6-10-24-11-13-27-14-12-24)23-17-15-19(26)25(16-17)18-7-4-3-5-8-18/h3-5,7-8,17H,2,6,9-16H2,1H3,(H2,21,22,23). The Morgan fingerprint density at radius 2 is 2.04 bits per heavy atom. The minimum Gasteiger partial charge on any atom is -0.379 e. The molecule has 0 bridgehead atoms. The number of anilines is 1. The third-order valence-corrected chi connectivity index (χ3v) is 4.88. The smallest absolute Gasteiger partial charge is 0.229 e. The highest BCUT2D eigenvalue weighted by molar-refractivity contribution is 5.97. The van der Waals surface area contributed by atoms with E-state index in [1.165, 1.54) is 0 Å². The molecule has 2 saturated heterocycles. The fourth-order valence-electron chi connectivity index (χ4n) is 3.49. The van der Waals surface area contributed by atoms with Crippen molar-refractivity contribution in [3.05, 3.63) is 30.3 Å². The van der Waals surface area contributed by atoms with Crippen molar-refractivity contribution >= 4 is 17.6 Å². The Kier molecular flexibility index (Phi) is 7.47. The molecular formula is C20H31N5O2. The van der Waals surface area contributed by atoms with Gasteiger partial charge in [0.2, 0.25) is 5.91 Å². The first kappa shape index (κ1) is 19.6. The minimum absolute atomic E-state index is 0.0785. The van der Waals surface area contributed by atoms with Gasteiger partial charge in [-0.25, -0.2) is 0 Å². The van der Waals surface area contributed by atoms with Crippen LogP contribution >= 0.6 is 0 Å². The molecule has 2 aliphatic rings. The van der Waals surface area contributed by atoms with E-state index >= 15 is 0 Å². The van der Waals surface area contributed by atoms with Crippen molar-refractivity contribution < 1.29 is 9.53 Å². The second-order valence-electron chi connectivity index (χ2n) is 6.95. The number of para-hydroxylation sites is 1. The van der Waals surface area contributed by atoms with Crippen LogP contribution in [0.4, 0.5) is 5.69 Å². The maximum atomic E-state index is 12.4. The monoisotopic (exact) mass is 373 g/mol. The number of carbonyl (C=O) groups excluding carboxylic acids is 1. The quantitative estimate of drug-likeness (QED) is 0.425. The third-order valence-electron chi connectivity index (χ3n) is 4.88. The van der Waals surface area contributed by atoms with Crippen molar-refractivity contribution in [1.29, 1.82) is 0 Å². The largest absolute Gasteiger partial charge is 0.379 e. The Balaban J connectivity index is 1.47. The van der Waals surface area contributed by atoms with E-state index < -0.39 is 0 Å². The SMILES string of the molecule is CCNC(=NCCCN1CCOCC1)NC1CC(=O)N(c2ccccc2)C1. The molecule has 0 spiro atoms. The first-order chi connectivity index (χ1) is 13.3. The van der Waals surface area contributed by atoms with Gasteiger partial charge in [-0.2, -0.15) is 0 Å². The van der Waals surface area contributed by atoms with Gasteiger partial charge in [0, 0.05) is 51.4 Å². The number of aliphatic imine (C=N–C) groups is 1. The zero-order chi connectivity index (χ0) is 18.9. The summed E-state index contributed by atoms with van der Waals surface area (Å²) in [7, 11) is 0. The van der Waals surface area contributed by atoms with Crippen LogP contribution in [0.3, 0.4) is 0 Å². The number of morpholine rings is 1. The zero-order valence-electron chi connectivity index (χ0n) is 16.2. The summed E-state index contributed by atoms with van der Waals surface area (Å²) in [5.74, 6) is 0.953. The van der Waals surface area contributed by atoms with Crippen LogP contribution in [-0.4, -0.2) is 75.3 Å². The number of guanidine groups is 1. The van der Waals surface area contributed by atoms with E-state index in [0.717, 1.165) is 64.0 Å². The van der Waals surface area contributed by atoms with E-state index in [1.54, 1.807) is 0 Å². The van der Waals surface area contributed by atoms with Gasteiger partial charge in [-0.3, -0.25) is 14.7 Å². The second-order valence-corrected chi connectivity index (χ2v) is 6.95. The highest BCUT2D eigenvalue weighted by atomic mass is 16.5. The molecule has 2 fully saturated rings. The van der Waals surface area contributed by atoms with Crippen molar-refractivity contribution in [3.8, 4) is 0 Å². The maximum Gasteiger partial charge on any atom is 0.229 e. The Labute approximate surface area is 161 Å². The van der Waals surface area contributed by atoms with Crippen LogP contribution in [0, 0.1) is 0 Å². The Morgan fingerprint density at radius 1 is 1.26 bits per heavy atom. The summed E-state index contributed by atoms with van der Waals surface area (Å²) >= 11 is 0. The molecule has 1 aromatic carbocycles. The molecule has 2 heterocycles. The molecule has 7 nitrogen and oxygen atoms in total. The number of benzene rings is 1. The number of hydrogen-bond donors (Lipinski definition) is 2. The van der Waals surface area contributed by atoms with Crippen LogP contribution in [0.15, 0.2) is 35.3 Å². The van der Waals surface area contributed by atoms with Crippen molar-refractivity contribution in [2.24, 2.45) is 4.99 Å². The summed E-state index contributed by atoms with van der Waals surface area (Å²) in [5, 5.41) is 6.72. The van der Waals surface area contributed by atoms with Crippen LogP contribution in [0.25, 0.3) is 0 Å². The fourth-order valence-corrected chi connectivity index (χ4v) is 3.49. The normalized spacial score (nSPS) is 21.5. The number of nitrogens with zero attached hydrogens (tertiary/aromatic N) is 3. The van der Waals surface area contributed by atoms with Crippen molar-refractivity contribution in [1.82, 2.24) is 15.5 Å². The number of carbonyl (C=O) groups is 1. The van der Waals surface area contributed by atoms with Gasteiger partial charge in [-0.1, -0.05) is 18.2 Å². The Morgan fingerprint density at radius 3 is 2.78 bits per heavy atom. The molecule has 0 radical (unpaired) electrons. The molecule has 1 amide bonds. The molecule has 2 N–H and O–H groups in total. The Hall–Kier alpha value is -2.12. The lowest BCUT2D eigenvalue weighted by Gasteiger charge is -2.26. The molecule has 1 aromatic rings. The molecule has 2 aliphatic heterocycles. The lowest BCUT2D eigenvalue weighted by Crippen LogP contribution is -2.44. The van der Waals surface area contributed by atoms with Crippen molar-refractivity contribution in [3.63, 3.8) is 0 Å². The molecular weight excluding hydrogens is 342 g/mol. The lowest BCUT2D eigenvalue weighted by molar-refractivity contribution is -0.117. The topological polar surface area (TPSA) is 69.2 Å². The summed E-state index contributed by atoms with van der Waals surface area (Å²) < 4.78 is 5.38. The molecule has 1 unspecified atom stereocenters. The molecule has 0 saturated carbocycles. The summed E-state index contributed by atoms with van der Waals surface area (Å²) in [6.45, 7) is 9.05. The van der Waals surface area contributed by atoms with Gasteiger partial charge in [-0.15, -0.1) is 0 Å². The predicted octanol–water partition coefficient (Wildman–Crippen LogP) is 1.07. The summed E-state index contributed by atoms with van der Waals surface area (Å²) in [4.78, 5) is 21.3. The predicted molar refractivity (Wildman–Crippen MR) is 108 cm³/mol. The van der Waals surface area contributed by atoms with Crippen molar-refractivity contribution in [2.45, 2.75) is 25.8 Å². The summed E-state index contributed by atoms with van der Waals surface area (Å²) in [6.07, 6.45) is 1.52. The average Bonchev–Trinajstić information content (AvgIpc) is 3.07. The molecule has 0 aliphatic carbocycles. The Bertz CT molecular complexity index is 616. The van der Waals surface area contributed by atoms with E-state index in [2.05, 4.69) is 22.5 Å². The van der Waals surface area contributed by atoms with E-state index in [1.807, 2.05) is 35.2 Å². The first-order valence-corrected chi connectivity index (χ1v) is 9.96. The van der Waals surface area contributed by atoms with Crippen LogP contribution in [-0.2, 0) is 9.53 Å². The van der Waals surface area contributed by atoms with E-state index in [9.17, 15) is 4.79 Å². The minimum atomic E-state index is 0.0785. The fraction of sp³-hybridized carbons (Fsp3) is 0.600. The van der Waals surface area contributed by atoms with Gasteiger partial charge in [0.25, 0.3) is 0 Å². The van der Waals surface area contributed by atoms with Crippen molar-refractivity contribution in [2.75, 3.05) is 57.4 Å². The summed E-state index contributed by atoms with van der Waals surface area (Å²) in [5.41, 5.74) is 0.958. The molecule has 0 aromatic heterocycles. The van der Waals surface area contributed by atoms with E-state index in [0.29, 0.717) is 13.0 Å². The highest BCUT2D eigenvalue weighted by Crippen LogP contribution is 2.20. The van der Waals surface area contributed by atoms with E-state index in [4.69, 9.17) is 9.73 Å². The number of amides is 1. The summed E-state index contributed by atoms with van der Waals surface area (Å²) in [6, 6.07) is 9.92. The van der Waals surface area contributed by atoms with Crippen LogP contribution in [0.1, 0.15) is 19.8 Å². The van der Waals surface area contributed by atoms with Crippen LogP contribution in [0.2, 0.25) is 0 Å². The number of hydrogen-bond acceptors (Lipinski definition) is 4. The average molecular weight is 374 g/mol. The molecule has 3 rings (SSSR count). The maximum absolute atomic E-state index is 12.4. The number of rotatable bonds is 7. The number of nitrogens with one attached hydrogen (secondary N) is 2. The molecule has 148 valence electrons. The second kappa shape index (κ2) is 10.3. The lowest BCUT2D eigenvalue weighted by atomic mass is 10.2. The van der Waals surface area contributed by atoms with Crippen LogP contribution in [0.5, 0.6) is 0 Å². The van der Waals surface area contributed by atoms with E-state index in [-0.39, 0.29) is 11.9 Å². The first-order valence-electron chi connectivity index (χ1n) is 9.96. The van der Waals surface area contributed by atoms with Gasteiger partial charge in [0.15, 0.2) is 5.96 Å². The number of ether oxygens (including phenoxy) is 1. The van der Waals surface area contributed by atoms with Gasteiger partial charge in [-0.05, 0) is 25.5 Å². The van der Waals surface area contributed by atoms with Gasteiger partial charge >= 0.3 is 0 Å². The highest BCUT2D eigenvalue weighted by Gasteiger charge is 2.31. The van der Waals surface area contributed by atoms with Gasteiger partial charge in [0.1, 0.15) is 0 Å². The molecule has 1 atom stereocenters. The van der Waals surface area contributed by atoms with Gasteiger partial charge < -0.3 is 20.3 Å².